The number of amides is 2. The normalized spacial score (nSPS) is 30.8. The van der Waals surface area contributed by atoms with Crippen molar-refractivity contribution in [2.24, 2.45) is 22.8 Å². The summed E-state index contributed by atoms with van der Waals surface area (Å²) in [6.45, 7) is 4.64. The molecule has 1 aromatic rings. The average Bonchev–Trinajstić information content (AvgIpc) is 2.53. The molecular formula is C17H22ClN3O3. The first kappa shape index (κ1) is 17.2. The average molecular weight is 352 g/mol. The number of benzene rings is 1. The molecule has 0 radical (unpaired) electrons. The van der Waals surface area contributed by atoms with E-state index in [0.29, 0.717) is 12.3 Å². The van der Waals surface area contributed by atoms with E-state index < -0.39 is 16.9 Å². The first-order chi connectivity index (χ1) is 11.2. The summed E-state index contributed by atoms with van der Waals surface area (Å²) in [5, 5.41) is 3.02. The molecule has 2 aliphatic rings. The minimum atomic E-state index is -1.01. The molecule has 24 heavy (non-hydrogen) atoms. The van der Waals surface area contributed by atoms with E-state index in [9.17, 15) is 9.59 Å². The SMILES string of the molecule is CC1(C)C2OCCCC2C1(N)C(=O)Nc1ccc(C(N)=O)c(Cl)c1. The molecule has 6 nitrogen and oxygen atoms in total. The first-order valence-electron chi connectivity index (χ1n) is 8.01. The number of hydrogen-bond donors (Lipinski definition) is 3. The van der Waals surface area contributed by atoms with Crippen molar-refractivity contribution in [2.45, 2.75) is 38.3 Å². The summed E-state index contributed by atoms with van der Waals surface area (Å²) in [6, 6.07) is 4.58. The number of nitrogens with two attached hydrogens (primary N) is 2. The lowest BCUT2D eigenvalue weighted by Gasteiger charge is -2.65. The number of ether oxygens (including phenoxy) is 1. The van der Waals surface area contributed by atoms with Crippen LogP contribution in [0.4, 0.5) is 5.69 Å². The van der Waals surface area contributed by atoms with Gasteiger partial charge in [0.15, 0.2) is 0 Å². The van der Waals surface area contributed by atoms with Gasteiger partial charge in [-0.1, -0.05) is 25.4 Å². The number of nitrogens with one attached hydrogen (secondary N) is 1. The van der Waals surface area contributed by atoms with Crippen LogP contribution < -0.4 is 16.8 Å². The van der Waals surface area contributed by atoms with Crippen LogP contribution >= 0.6 is 11.6 Å². The summed E-state index contributed by atoms with van der Waals surface area (Å²) in [5.41, 5.74) is 11.0. The maximum atomic E-state index is 12.9. The number of halogens is 1. The molecule has 1 aliphatic heterocycles. The van der Waals surface area contributed by atoms with E-state index in [-0.39, 0.29) is 28.5 Å². The van der Waals surface area contributed by atoms with Crippen LogP contribution in [0, 0.1) is 11.3 Å². The number of fused-ring (bicyclic) bond motifs is 1. The lowest BCUT2D eigenvalue weighted by molar-refractivity contribution is -0.222. The molecule has 2 amide bonds. The molecule has 1 saturated carbocycles. The number of carbonyl (C=O) groups is 2. The van der Waals surface area contributed by atoms with E-state index in [4.69, 9.17) is 27.8 Å². The van der Waals surface area contributed by atoms with Gasteiger partial charge in [0.25, 0.3) is 0 Å². The number of hydrogen-bond acceptors (Lipinski definition) is 4. The van der Waals surface area contributed by atoms with Crippen LogP contribution in [0.2, 0.25) is 5.02 Å². The summed E-state index contributed by atoms with van der Waals surface area (Å²) in [4.78, 5) is 24.1. The third-order valence-electron chi connectivity index (χ3n) is 5.55. The van der Waals surface area contributed by atoms with Crippen molar-refractivity contribution in [2.75, 3.05) is 11.9 Å². The van der Waals surface area contributed by atoms with Crippen molar-refractivity contribution in [1.82, 2.24) is 0 Å². The highest BCUT2D eigenvalue weighted by Crippen LogP contribution is 2.57. The maximum absolute atomic E-state index is 12.9. The van der Waals surface area contributed by atoms with E-state index in [1.807, 2.05) is 13.8 Å². The largest absolute Gasteiger partial charge is 0.377 e. The molecule has 3 unspecified atom stereocenters. The molecule has 1 aromatic carbocycles. The Labute approximate surface area is 145 Å². The van der Waals surface area contributed by atoms with Gasteiger partial charge >= 0.3 is 0 Å². The summed E-state index contributed by atoms with van der Waals surface area (Å²) in [7, 11) is 0. The number of anilines is 1. The Balaban J connectivity index is 1.82. The fourth-order valence-corrected chi connectivity index (χ4v) is 4.34. The first-order valence-corrected chi connectivity index (χ1v) is 8.38. The summed E-state index contributed by atoms with van der Waals surface area (Å²) >= 11 is 6.03. The molecule has 1 saturated heterocycles. The molecule has 5 N–H and O–H groups in total. The Morgan fingerprint density at radius 1 is 1.38 bits per heavy atom. The Morgan fingerprint density at radius 3 is 2.71 bits per heavy atom. The molecule has 0 bridgehead atoms. The fourth-order valence-electron chi connectivity index (χ4n) is 4.06. The highest BCUT2D eigenvalue weighted by atomic mass is 35.5. The third kappa shape index (κ3) is 2.32. The predicted molar refractivity (Wildman–Crippen MR) is 91.8 cm³/mol. The van der Waals surface area contributed by atoms with Crippen LogP contribution in [0.5, 0.6) is 0 Å². The highest BCUT2D eigenvalue weighted by Gasteiger charge is 2.70. The maximum Gasteiger partial charge on any atom is 0.250 e. The quantitative estimate of drug-likeness (QED) is 0.773. The minimum Gasteiger partial charge on any atom is -0.377 e. The van der Waals surface area contributed by atoms with Gasteiger partial charge in [-0.2, -0.15) is 0 Å². The van der Waals surface area contributed by atoms with E-state index in [0.717, 1.165) is 12.8 Å². The van der Waals surface area contributed by atoms with E-state index in [1.54, 1.807) is 6.07 Å². The second kappa shape index (κ2) is 5.72. The molecule has 3 atom stereocenters. The Kier molecular flexibility index (Phi) is 4.10. The molecular weight excluding hydrogens is 330 g/mol. The topological polar surface area (TPSA) is 107 Å². The van der Waals surface area contributed by atoms with Crippen molar-refractivity contribution < 1.29 is 14.3 Å². The lowest BCUT2D eigenvalue weighted by atomic mass is 9.46. The van der Waals surface area contributed by atoms with Crippen molar-refractivity contribution in [3.05, 3.63) is 28.8 Å². The standard InChI is InChI=1S/C17H22ClN3O3/c1-16(2)13-11(4-3-7-24-13)17(16,20)15(23)21-9-5-6-10(14(19)22)12(18)8-9/h5-6,8,11,13H,3-4,7,20H2,1-2H3,(H2,19,22)(H,21,23). The fraction of sp³-hybridized carbons (Fsp3) is 0.529. The van der Waals surface area contributed by atoms with E-state index >= 15 is 0 Å². The highest BCUT2D eigenvalue weighted by molar-refractivity contribution is 6.34. The summed E-state index contributed by atoms with van der Waals surface area (Å²) < 4.78 is 5.82. The van der Waals surface area contributed by atoms with E-state index in [2.05, 4.69) is 5.32 Å². The molecule has 3 rings (SSSR count). The van der Waals surface area contributed by atoms with Crippen molar-refractivity contribution in [3.63, 3.8) is 0 Å². The zero-order valence-corrected chi connectivity index (χ0v) is 14.5. The van der Waals surface area contributed by atoms with Crippen molar-refractivity contribution >= 4 is 29.1 Å². The second-order valence-electron chi connectivity index (χ2n) is 7.14. The zero-order chi connectivity index (χ0) is 17.7. The predicted octanol–water partition coefficient (Wildman–Crippen LogP) is 1.91. The number of rotatable bonds is 3. The monoisotopic (exact) mass is 351 g/mol. The Hall–Kier alpha value is -1.63. The van der Waals surface area contributed by atoms with Gasteiger partial charge in [-0.05, 0) is 31.0 Å². The van der Waals surface area contributed by atoms with Crippen molar-refractivity contribution in [3.8, 4) is 0 Å². The summed E-state index contributed by atoms with van der Waals surface area (Å²) in [6.07, 6.45) is 1.78. The van der Waals surface area contributed by atoms with Crippen LogP contribution in [-0.4, -0.2) is 30.1 Å². The second-order valence-corrected chi connectivity index (χ2v) is 7.55. The van der Waals surface area contributed by atoms with Crippen LogP contribution in [0.3, 0.4) is 0 Å². The van der Waals surface area contributed by atoms with Gasteiger partial charge in [0, 0.05) is 23.6 Å². The van der Waals surface area contributed by atoms with Crippen LogP contribution in [-0.2, 0) is 9.53 Å². The van der Waals surface area contributed by atoms with Gasteiger partial charge in [-0.15, -0.1) is 0 Å². The van der Waals surface area contributed by atoms with Gasteiger partial charge in [0.2, 0.25) is 11.8 Å². The smallest absolute Gasteiger partial charge is 0.250 e. The molecule has 130 valence electrons. The third-order valence-corrected chi connectivity index (χ3v) is 5.87. The molecule has 0 aromatic heterocycles. The zero-order valence-electron chi connectivity index (χ0n) is 13.8. The van der Waals surface area contributed by atoms with Crippen molar-refractivity contribution in [1.29, 1.82) is 0 Å². The van der Waals surface area contributed by atoms with E-state index in [1.165, 1.54) is 12.1 Å². The Bertz CT molecular complexity index is 706. The van der Waals surface area contributed by atoms with Crippen LogP contribution in [0.15, 0.2) is 18.2 Å². The minimum absolute atomic E-state index is 0.00150. The molecule has 1 aliphatic carbocycles. The lowest BCUT2D eigenvalue weighted by Crippen LogP contribution is -2.81. The van der Waals surface area contributed by atoms with Gasteiger partial charge in [-0.25, -0.2) is 0 Å². The van der Waals surface area contributed by atoms with Gasteiger partial charge < -0.3 is 21.5 Å². The van der Waals surface area contributed by atoms with Gasteiger partial charge in [-0.3, -0.25) is 9.59 Å². The number of primary amides is 1. The molecule has 0 spiro atoms. The molecule has 7 heteroatoms. The summed E-state index contributed by atoms with van der Waals surface area (Å²) in [5.74, 6) is -0.876. The number of carbonyl (C=O) groups excluding carboxylic acids is 2. The molecule has 1 heterocycles. The van der Waals surface area contributed by atoms with Crippen LogP contribution in [0.1, 0.15) is 37.0 Å². The Morgan fingerprint density at radius 2 is 2.08 bits per heavy atom. The van der Waals surface area contributed by atoms with Gasteiger partial charge in [0.1, 0.15) is 5.54 Å². The van der Waals surface area contributed by atoms with Crippen LogP contribution in [0.25, 0.3) is 0 Å². The molecule has 2 fully saturated rings. The van der Waals surface area contributed by atoms with Gasteiger partial charge in [0.05, 0.1) is 16.7 Å².